The fraction of sp³-hybridized carbons (Fsp3) is 0.105. The summed E-state index contributed by atoms with van der Waals surface area (Å²) < 4.78 is 55.1. The minimum Gasteiger partial charge on any atom is -0.289 e. The third-order valence-corrected chi connectivity index (χ3v) is 7.59. The summed E-state index contributed by atoms with van der Waals surface area (Å²) in [5, 5.41) is 10.4. The van der Waals surface area contributed by atoms with Gasteiger partial charge in [-0.25, -0.2) is 27.0 Å². The lowest BCUT2D eigenvalue weighted by Crippen LogP contribution is -2.51. The molecule has 0 aliphatic rings. The number of hydrogen-bond acceptors (Lipinski definition) is 6. The summed E-state index contributed by atoms with van der Waals surface area (Å²) in [5.41, 5.74) is 1.33. The lowest BCUT2D eigenvalue weighted by Gasteiger charge is -2.18. The molecule has 12 heteroatoms. The molecule has 164 valence electrons. The fourth-order valence-corrected chi connectivity index (χ4v) is 5.43. The van der Waals surface area contributed by atoms with Gasteiger partial charge in [-0.2, -0.15) is 4.72 Å². The second kappa shape index (κ2) is 9.30. The number of nitrogens with one attached hydrogen (secondary N) is 3. The lowest BCUT2D eigenvalue weighted by molar-refractivity contribution is -0.130. The number of carbonyl (C=O) groups excluding carboxylic acids is 1. The van der Waals surface area contributed by atoms with Crippen molar-refractivity contribution in [3.8, 4) is 0 Å². The summed E-state index contributed by atoms with van der Waals surface area (Å²) in [4.78, 5) is 11.8. The first-order valence-corrected chi connectivity index (χ1v) is 12.2. The molecule has 3 aromatic rings. The van der Waals surface area contributed by atoms with Gasteiger partial charge in [0, 0.05) is 17.0 Å². The first-order chi connectivity index (χ1) is 14.6. The van der Waals surface area contributed by atoms with Crippen LogP contribution in [0.3, 0.4) is 0 Å². The maximum Gasteiger partial charge on any atom is 0.262 e. The normalized spacial score (nSPS) is 13.1. The van der Waals surface area contributed by atoms with Crippen LogP contribution in [-0.2, 0) is 24.8 Å². The van der Waals surface area contributed by atoms with Crippen LogP contribution in [0.5, 0.6) is 0 Å². The quantitative estimate of drug-likeness (QED) is 0.283. The number of benzene rings is 3. The van der Waals surface area contributed by atoms with Gasteiger partial charge in [0.1, 0.15) is 6.04 Å². The highest BCUT2D eigenvalue weighted by Crippen LogP contribution is 2.22. The predicted octanol–water partition coefficient (Wildman–Crippen LogP) is 1.62. The molecule has 0 heterocycles. The maximum absolute atomic E-state index is 12.8. The van der Waals surface area contributed by atoms with E-state index >= 15 is 0 Å². The van der Waals surface area contributed by atoms with Crippen molar-refractivity contribution in [2.24, 2.45) is 0 Å². The molecule has 0 aliphatic heterocycles. The summed E-state index contributed by atoms with van der Waals surface area (Å²) in [6, 6.07) is 15.0. The molecule has 9 nitrogen and oxygen atoms in total. The van der Waals surface area contributed by atoms with Crippen LogP contribution in [-0.4, -0.2) is 40.5 Å². The molecule has 4 N–H and O–H groups in total. The Morgan fingerprint density at radius 1 is 0.903 bits per heavy atom. The van der Waals surface area contributed by atoms with Gasteiger partial charge in [0.2, 0.25) is 20.0 Å². The van der Waals surface area contributed by atoms with Gasteiger partial charge in [-0.3, -0.25) is 10.0 Å². The van der Waals surface area contributed by atoms with Crippen LogP contribution in [0.15, 0.2) is 76.5 Å². The van der Waals surface area contributed by atoms with Gasteiger partial charge in [-0.1, -0.05) is 48.0 Å². The summed E-state index contributed by atoms with van der Waals surface area (Å²) in [5.74, 6) is -1.14. The Morgan fingerprint density at radius 3 is 2.23 bits per heavy atom. The number of fused-ring (bicyclic) bond motifs is 1. The number of carbonyl (C=O) groups is 1. The standard InChI is InChI=1S/C19H18ClN3O6S2/c20-14-8-10-15(11-9-14)30(26,27)23-17(19(24)22-25)12-21-31(28,29)18-7-3-5-13-4-1-2-6-16(13)18/h1-11,17,21,23,25H,12H2,(H,22,24). The van der Waals surface area contributed by atoms with E-state index in [0.717, 1.165) is 0 Å². The van der Waals surface area contributed by atoms with Crippen molar-refractivity contribution in [3.05, 3.63) is 71.8 Å². The van der Waals surface area contributed by atoms with E-state index in [0.29, 0.717) is 15.8 Å². The van der Waals surface area contributed by atoms with E-state index in [2.05, 4.69) is 9.44 Å². The second-order valence-electron chi connectivity index (χ2n) is 6.43. The molecule has 31 heavy (non-hydrogen) atoms. The van der Waals surface area contributed by atoms with Crippen LogP contribution in [0.4, 0.5) is 0 Å². The van der Waals surface area contributed by atoms with E-state index in [9.17, 15) is 21.6 Å². The molecule has 3 aromatic carbocycles. The van der Waals surface area contributed by atoms with Gasteiger partial charge >= 0.3 is 0 Å². The zero-order valence-electron chi connectivity index (χ0n) is 15.8. The Morgan fingerprint density at radius 2 is 1.55 bits per heavy atom. The van der Waals surface area contributed by atoms with Gasteiger partial charge in [-0.05, 0) is 35.7 Å². The average Bonchev–Trinajstić information content (AvgIpc) is 2.76. The Balaban J connectivity index is 1.84. The topological polar surface area (TPSA) is 142 Å². The summed E-state index contributed by atoms with van der Waals surface area (Å²) >= 11 is 5.75. The largest absolute Gasteiger partial charge is 0.289 e. The third-order valence-electron chi connectivity index (χ3n) is 4.36. The number of amides is 1. The molecule has 0 bridgehead atoms. The van der Waals surface area contributed by atoms with Crippen LogP contribution in [0.25, 0.3) is 10.8 Å². The number of hydroxylamine groups is 1. The monoisotopic (exact) mass is 483 g/mol. The lowest BCUT2D eigenvalue weighted by atomic mass is 10.1. The molecule has 0 aromatic heterocycles. The number of halogens is 1. The average molecular weight is 484 g/mol. The minimum atomic E-state index is -4.21. The molecule has 1 atom stereocenters. The van der Waals surface area contributed by atoms with Crippen molar-refractivity contribution in [1.29, 1.82) is 0 Å². The highest BCUT2D eigenvalue weighted by molar-refractivity contribution is 7.90. The van der Waals surface area contributed by atoms with Crippen LogP contribution in [0.1, 0.15) is 0 Å². The third kappa shape index (κ3) is 5.39. The Bertz CT molecular complexity index is 1310. The van der Waals surface area contributed by atoms with E-state index in [-0.39, 0.29) is 9.79 Å². The molecule has 0 fully saturated rings. The summed E-state index contributed by atoms with van der Waals surface area (Å²) in [6.07, 6.45) is 0. The van der Waals surface area contributed by atoms with Gasteiger partial charge in [0.15, 0.2) is 0 Å². The molecule has 0 spiro atoms. The first-order valence-electron chi connectivity index (χ1n) is 8.83. The van der Waals surface area contributed by atoms with Gasteiger partial charge in [0.25, 0.3) is 5.91 Å². The first kappa shape index (κ1) is 23.1. The van der Waals surface area contributed by atoms with Gasteiger partial charge in [0.05, 0.1) is 9.79 Å². The SMILES string of the molecule is O=C(NO)C(CNS(=O)(=O)c1cccc2ccccc12)NS(=O)(=O)c1ccc(Cl)cc1. The van der Waals surface area contributed by atoms with E-state index in [1.54, 1.807) is 36.4 Å². The van der Waals surface area contributed by atoms with E-state index < -0.39 is 38.5 Å². The number of rotatable bonds is 8. The molecule has 1 unspecified atom stereocenters. The fourth-order valence-electron chi connectivity index (χ4n) is 2.84. The summed E-state index contributed by atoms with van der Waals surface area (Å²) in [7, 11) is -8.33. The highest BCUT2D eigenvalue weighted by atomic mass is 35.5. The summed E-state index contributed by atoms with van der Waals surface area (Å²) in [6.45, 7) is -0.648. The van der Waals surface area contributed by atoms with Crippen molar-refractivity contribution < 1.29 is 26.8 Å². The van der Waals surface area contributed by atoms with Crippen molar-refractivity contribution in [3.63, 3.8) is 0 Å². The van der Waals surface area contributed by atoms with E-state index in [4.69, 9.17) is 16.8 Å². The molecule has 0 radical (unpaired) electrons. The highest BCUT2D eigenvalue weighted by Gasteiger charge is 2.28. The van der Waals surface area contributed by atoms with Crippen LogP contribution < -0.4 is 14.9 Å². The number of hydrogen-bond donors (Lipinski definition) is 4. The van der Waals surface area contributed by atoms with Gasteiger partial charge in [-0.15, -0.1) is 0 Å². The minimum absolute atomic E-state index is 0.0330. The Kier molecular flexibility index (Phi) is 6.94. The maximum atomic E-state index is 12.8. The zero-order valence-corrected chi connectivity index (χ0v) is 18.2. The predicted molar refractivity (Wildman–Crippen MR) is 115 cm³/mol. The van der Waals surface area contributed by atoms with Crippen molar-refractivity contribution in [2.75, 3.05) is 6.54 Å². The smallest absolute Gasteiger partial charge is 0.262 e. The van der Waals surface area contributed by atoms with Crippen LogP contribution in [0.2, 0.25) is 5.02 Å². The molecule has 0 saturated carbocycles. The van der Waals surface area contributed by atoms with Crippen molar-refractivity contribution in [1.82, 2.24) is 14.9 Å². The Labute approximate surface area is 184 Å². The molecular weight excluding hydrogens is 466 g/mol. The second-order valence-corrected chi connectivity index (χ2v) is 10.3. The molecule has 1 amide bonds. The van der Waals surface area contributed by atoms with Crippen LogP contribution >= 0.6 is 11.6 Å². The van der Waals surface area contributed by atoms with E-state index in [1.807, 2.05) is 0 Å². The molecule has 0 aliphatic carbocycles. The van der Waals surface area contributed by atoms with E-state index in [1.165, 1.54) is 35.8 Å². The number of sulfonamides is 2. The van der Waals surface area contributed by atoms with Crippen molar-refractivity contribution >= 4 is 48.3 Å². The van der Waals surface area contributed by atoms with Crippen molar-refractivity contribution in [2.45, 2.75) is 15.8 Å². The molecule has 3 rings (SSSR count). The molecule has 0 saturated heterocycles. The zero-order chi connectivity index (χ0) is 22.6. The molecular formula is C19H18ClN3O6S2. The van der Waals surface area contributed by atoms with Crippen LogP contribution in [0, 0.1) is 0 Å². The van der Waals surface area contributed by atoms with Gasteiger partial charge < -0.3 is 0 Å². The Hall–Kier alpha value is -2.54.